The minimum atomic E-state index is -0.959. The number of aromatic nitrogens is 1. The molecule has 0 aliphatic heterocycles. The van der Waals surface area contributed by atoms with Crippen molar-refractivity contribution in [3.05, 3.63) is 29.5 Å². The quantitative estimate of drug-likeness (QED) is 0.938. The Kier molecular flexibility index (Phi) is 4.36. The van der Waals surface area contributed by atoms with Gasteiger partial charge in [-0.05, 0) is 51.5 Å². The second-order valence-corrected chi connectivity index (χ2v) is 6.33. The third-order valence-electron chi connectivity index (χ3n) is 3.45. The number of nitrogens with zero attached hydrogens (tertiary/aromatic N) is 1. The van der Waals surface area contributed by atoms with E-state index in [4.69, 9.17) is 14.6 Å². The van der Waals surface area contributed by atoms with Crippen LogP contribution in [0.4, 0.5) is 4.79 Å². The molecule has 0 saturated carbocycles. The first-order valence-electron chi connectivity index (χ1n) is 7.27. The van der Waals surface area contributed by atoms with Gasteiger partial charge in [-0.25, -0.2) is 9.36 Å². The van der Waals surface area contributed by atoms with E-state index < -0.39 is 17.7 Å². The van der Waals surface area contributed by atoms with Crippen molar-refractivity contribution >= 4 is 23.0 Å². The first-order chi connectivity index (χ1) is 10.6. The van der Waals surface area contributed by atoms with Crippen LogP contribution < -0.4 is 4.74 Å². The van der Waals surface area contributed by atoms with E-state index in [1.54, 1.807) is 45.9 Å². The molecule has 1 N–H and O–H groups in total. The van der Waals surface area contributed by atoms with Crippen molar-refractivity contribution in [3.8, 4) is 5.75 Å². The smallest absolute Gasteiger partial charge is 0.419 e. The van der Waals surface area contributed by atoms with Gasteiger partial charge >= 0.3 is 12.1 Å². The Morgan fingerprint density at radius 3 is 2.43 bits per heavy atom. The van der Waals surface area contributed by atoms with Crippen LogP contribution in [0.2, 0.25) is 0 Å². The summed E-state index contributed by atoms with van der Waals surface area (Å²) in [7, 11) is 1.54. The van der Waals surface area contributed by atoms with Gasteiger partial charge in [0.1, 0.15) is 11.4 Å². The molecule has 0 aliphatic carbocycles. The molecule has 1 aromatic carbocycles. The summed E-state index contributed by atoms with van der Waals surface area (Å²) < 4.78 is 12.0. The highest BCUT2D eigenvalue weighted by Gasteiger charge is 2.24. The molecule has 1 heterocycles. The molecule has 6 heteroatoms. The second-order valence-electron chi connectivity index (χ2n) is 6.33. The standard InChI is InChI=1S/C17H21NO5/c1-10-12(9-15(19)20)13-8-11(22-5)6-7-14(13)18(10)16(21)23-17(2,3)4/h6-8H,9H2,1-5H3,(H,19,20). The Labute approximate surface area is 134 Å². The lowest BCUT2D eigenvalue weighted by Gasteiger charge is -2.20. The Morgan fingerprint density at radius 1 is 1.26 bits per heavy atom. The van der Waals surface area contributed by atoms with Crippen molar-refractivity contribution in [1.82, 2.24) is 4.57 Å². The van der Waals surface area contributed by atoms with Crippen LogP contribution >= 0.6 is 0 Å². The third kappa shape index (κ3) is 3.47. The third-order valence-corrected chi connectivity index (χ3v) is 3.45. The summed E-state index contributed by atoms with van der Waals surface area (Å²) in [6, 6.07) is 5.20. The molecule has 0 unspecified atom stereocenters. The van der Waals surface area contributed by atoms with E-state index >= 15 is 0 Å². The summed E-state index contributed by atoms with van der Waals surface area (Å²) in [4.78, 5) is 23.7. The van der Waals surface area contributed by atoms with Gasteiger partial charge in [-0.1, -0.05) is 0 Å². The van der Waals surface area contributed by atoms with Crippen LogP contribution in [0.1, 0.15) is 32.0 Å². The molecular weight excluding hydrogens is 298 g/mol. The fourth-order valence-electron chi connectivity index (χ4n) is 2.51. The SMILES string of the molecule is COc1ccc2c(c1)c(CC(=O)O)c(C)n2C(=O)OC(C)(C)C. The van der Waals surface area contributed by atoms with Gasteiger partial charge in [-0.2, -0.15) is 0 Å². The minimum Gasteiger partial charge on any atom is -0.497 e. The fourth-order valence-corrected chi connectivity index (χ4v) is 2.51. The van der Waals surface area contributed by atoms with E-state index in [1.165, 1.54) is 11.7 Å². The first kappa shape index (κ1) is 16.9. The predicted octanol–water partition coefficient (Wildman–Crippen LogP) is 3.37. The highest BCUT2D eigenvalue weighted by atomic mass is 16.6. The average molecular weight is 319 g/mol. The number of carbonyl (C=O) groups is 2. The fraction of sp³-hybridized carbons (Fsp3) is 0.412. The number of ether oxygens (including phenoxy) is 2. The van der Waals surface area contributed by atoms with Crippen molar-refractivity contribution in [2.75, 3.05) is 7.11 Å². The van der Waals surface area contributed by atoms with Gasteiger partial charge in [0, 0.05) is 11.1 Å². The van der Waals surface area contributed by atoms with Crippen LogP contribution in [-0.4, -0.2) is 34.4 Å². The predicted molar refractivity (Wildman–Crippen MR) is 86.2 cm³/mol. The molecule has 2 aromatic rings. The van der Waals surface area contributed by atoms with Crippen molar-refractivity contribution in [3.63, 3.8) is 0 Å². The lowest BCUT2D eigenvalue weighted by molar-refractivity contribution is -0.136. The van der Waals surface area contributed by atoms with Crippen LogP contribution in [0.5, 0.6) is 5.75 Å². The largest absolute Gasteiger partial charge is 0.497 e. The molecule has 0 spiro atoms. The number of hydrogen-bond donors (Lipinski definition) is 1. The summed E-state index contributed by atoms with van der Waals surface area (Å²) in [5, 5.41) is 9.83. The molecule has 0 fully saturated rings. The minimum absolute atomic E-state index is 0.175. The number of aliphatic carboxylic acids is 1. The average Bonchev–Trinajstić information content (AvgIpc) is 2.68. The van der Waals surface area contributed by atoms with E-state index in [0.717, 1.165) is 0 Å². The van der Waals surface area contributed by atoms with Gasteiger partial charge < -0.3 is 14.6 Å². The maximum Gasteiger partial charge on any atom is 0.419 e. The molecule has 1 aromatic heterocycles. The van der Waals surface area contributed by atoms with Crippen LogP contribution in [0, 0.1) is 6.92 Å². The number of carboxylic acids is 1. The molecule has 23 heavy (non-hydrogen) atoms. The zero-order chi connectivity index (χ0) is 17.4. The number of fused-ring (bicyclic) bond motifs is 1. The summed E-state index contributed by atoms with van der Waals surface area (Å²) in [6.07, 6.45) is -0.701. The lowest BCUT2D eigenvalue weighted by Crippen LogP contribution is -2.27. The zero-order valence-electron chi connectivity index (χ0n) is 14.0. The number of methoxy groups -OCH3 is 1. The molecule has 0 saturated heterocycles. The molecule has 124 valence electrons. The van der Waals surface area contributed by atoms with Gasteiger partial charge in [-0.3, -0.25) is 4.79 Å². The molecule has 0 aliphatic rings. The van der Waals surface area contributed by atoms with Gasteiger partial charge in [0.25, 0.3) is 0 Å². The zero-order valence-corrected chi connectivity index (χ0v) is 14.0. The lowest BCUT2D eigenvalue weighted by atomic mass is 10.1. The Bertz CT molecular complexity index is 767. The summed E-state index contributed by atoms with van der Waals surface area (Å²) in [5.41, 5.74) is 1.11. The number of rotatable bonds is 3. The Balaban J connectivity index is 2.67. The van der Waals surface area contributed by atoms with Crippen LogP contribution in [0.15, 0.2) is 18.2 Å². The number of carbonyl (C=O) groups excluding carboxylic acids is 1. The van der Waals surface area contributed by atoms with Gasteiger partial charge in [0.15, 0.2) is 0 Å². The molecule has 0 bridgehead atoms. The Morgan fingerprint density at radius 2 is 1.91 bits per heavy atom. The second kappa shape index (κ2) is 5.95. The van der Waals surface area contributed by atoms with Gasteiger partial charge in [-0.15, -0.1) is 0 Å². The van der Waals surface area contributed by atoms with Crippen molar-refractivity contribution in [2.24, 2.45) is 0 Å². The monoisotopic (exact) mass is 319 g/mol. The first-order valence-corrected chi connectivity index (χ1v) is 7.27. The molecule has 0 atom stereocenters. The van der Waals surface area contributed by atoms with Crippen molar-refractivity contribution in [1.29, 1.82) is 0 Å². The van der Waals surface area contributed by atoms with Gasteiger partial charge in [0.05, 0.1) is 19.0 Å². The molecule has 0 radical (unpaired) electrons. The maximum atomic E-state index is 12.5. The van der Waals surface area contributed by atoms with Crippen LogP contribution in [-0.2, 0) is 16.0 Å². The molecule has 0 amide bonds. The molecular formula is C17H21NO5. The van der Waals surface area contributed by atoms with Crippen molar-refractivity contribution in [2.45, 2.75) is 39.7 Å². The number of hydrogen-bond acceptors (Lipinski definition) is 4. The number of benzene rings is 1. The maximum absolute atomic E-state index is 12.5. The summed E-state index contributed by atoms with van der Waals surface area (Å²) in [6.45, 7) is 7.07. The highest BCUT2D eigenvalue weighted by molar-refractivity contribution is 5.96. The molecule has 2 rings (SSSR count). The van der Waals surface area contributed by atoms with E-state index in [2.05, 4.69) is 0 Å². The van der Waals surface area contributed by atoms with Crippen molar-refractivity contribution < 1.29 is 24.2 Å². The Hall–Kier alpha value is -2.50. The van der Waals surface area contributed by atoms with Crippen LogP contribution in [0.3, 0.4) is 0 Å². The van der Waals surface area contributed by atoms with E-state index in [1.807, 2.05) is 0 Å². The summed E-state index contributed by atoms with van der Waals surface area (Å²) >= 11 is 0. The van der Waals surface area contributed by atoms with E-state index in [9.17, 15) is 9.59 Å². The van der Waals surface area contributed by atoms with E-state index in [0.29, 0.717) is 27.9 Å². The van der Waals surface area contributed by atoms with E-state index in [-0.39, 0.29) is 6.42 Å². The topological polar surface area (TPSA) is 77.8 Å². The van der Waals surface area contributed by atoms with Crippen LogP contribution in [0.25, 0.3) is 10.9 Å². The normalized spacial score (nSPS) is 11.5. The summed E-state index contributed by atoms with van der Waals surface area (Å²) in [5.74, 6) is -0.357. The number of carboxylic acid groups (broad SMARTS) is 1. The molecule has 6 nitrogen and oxygen atoms in total. The van der Waals surface area contributed by atoms with Gasteiger partial charge in [0.2, 0.25) is 0 Å². The highest BCUT2D eigenvalue weighted by Crippen LogP contribution is 2.30.